The molecule has 1 aromatic rings. The zero-order valence-corrected chi connectivity index (χ0v) is 11.3. The van der Waals surface area contributed by atoms with E-state index in [9.17, 15) is 4.79 Å². The van der Waals surface area contributed by atoms with Crippen LogP contribution in [0.1, 0.15) is 31.1 Å². The minimum Gasteiger partial charge on any atom is -0.345 e. The highest BCUT2D eigenvalue weighted by Crippen LogP contribution is 2.33. The first-order valence-electron chi connectivity index (χ1n) is 5.16. The molecule has 0 saturated carbocycles. The Labute approximate surface area is 101 Å². The number of pyridine rings is 1. The van der Waals surface area contributed by atoms with Gasteiger partial charge in [0, 0.05) is 36.1 Å². The van der Waals surface area contributed by atoms with E-state index in [4.69, 9.17) is 0 Å². The Hall–Kier alpha value is -1.03. The lowest BCUT2D eigenvalue weighted by Crippen LogP contribution is -2.23. The minimum atomic E-state index is -0.000139. The first kappa shape index (κ1) is 13.0. The molecule has 0 aliphatic rings. The molecule has 0 unspecified atom stereocenters. The fraction of sp³-hybridized carbons (Fsp3) is 0.500. The topological polar surface area (TPSA) is 33.2 Å². The fourth-order valence-electron chi connectivity index (χ4n) is 1.20. The van der Waals surface area contributed by atoms with E-state index in [-0.39, 0.29) is 10.7 Å². The summed E-state index contributed by atoms with van der Waals surface area (Å²) >= 11 is 1.69. The Kier molecular flexibility index (Phi) is 3.97. The van der Waals surface area contributed by atoms with Crippen LogP contribution in [-0.2, 0) is 0 Å². The van der Waals surface area contributed by atoms with Crippen LogP contribution in [0, 0.1) is 0 Å². The smallest absolute Gasteiger partial charge is 0.256 e. The van der Waals surface area contributed by atoms with Crippen LogP contribution >= 0.6 is 11.8 Å². The van der Waals surface area contributed by atoms with Gasteiger partial charge in [-0.15, -0.1) is 11.8 Å². The maximum Gasteiger partial charge on any atom is 0.256 e. The van der Waals surface area contributed by atoms with Gasteiger partial charge in [-0.3, -0.25) is 9.78 Å². The van der Waals surface area contributed by atoms with Crippen molar-refractivity contribution in [3.05, 3.63) is 24.0 Å². The van der Waals surface area contributed by atoms with E-state index >= 15 is 0 Å². The zero-order valence-electron chi connectivity index (χ0n) is 10.4. The molecule has 0 fully saturated rings. The van der Waals surface area contributed by atoms with Crippen LogP contribution in [0.4, 0.5) is 0 Å². The van der Waals surface area contributed by atoms with Crippen LogP contribution in [0.15, 0.2) is 23.4 Å². The molecular weight excluding hydrogens is 220 g/mol. The molecule has 1 amide bonds. The summed E-state index contributed by atoms with van der Waals surface area (Å²) in [7, 11) is 3.50. The van der Waals surface area contributed by atoms with Gasteiger partial charge in [-0.1, -0.05) is 20.8 Å². The molecule has 0 aromatic carbocycles. The van der Waals surface area contributed by atoms with Gasteiger partial charge < -0.3 is 4.90 Å². The van der Waals surface area contributed by atoms with E-state index in [0.29, 0.717) is 5.56 Å². The number of rotatable bonds is 2. The molecule has 16 heavy (non-hydrogen) atoms. The first-order chi connectivity index (χ1) is 7.31. The van der Waals surface area contributed by atoms with Crippen LogP contribution in [0.3, 0.4) is 0 Å². The van der Waals surface area contributed by atoms with E-state index in [1.807, 2.05) is 6.07 Å². The normalized spacial score (nSPS) is 11.3. The molecule has 88 valence electrons. The van der Waals surface area contributed by atoms with Crippen molar-refractivity contribution < 1.29 is 4.79 Å². The number of carbonyl (C=O) groups is 1. The quantitative estimate of drug-likeness (QED) is 0.743. The third-order valence-electron chi connectivity index (χ3n) is 1.83. The van der Waals surface area contributed by atoms with Crippen molar-refractivity contribution in [1.29, 1.82) is 0 Å². The number of aromatic nitrogens is 1. The Morgan fingerprint density at radius 2 is 2.00 bits per heavy atom. The number of thioether (sulfide) groups is 1. The molecule has 0 N–H and O–H groups in total. The summed E-state index contributed by atoms with van der Waals surface area (Å²) in [4.78, 5) is 18.5. The summed E-state index contributed by atoms with van der Waals surface area (Å²) in [5, 5.41) is 0. The predicted octanol–water partition coefficient (Wildman–Crippen LogP) is 2.67. The molecule has 1 aromatic heterocycles. The third-order valence-corrected chi connectivity index (χ3v) is 3.02. The Bertz CT molecular complexity index is 383. The standard InChI is InChI=1S/C12H18N2OS/c1-12(2,3)16-10-6-7-13-8-9(10)11(15)14(4)5/h6-8H,1-5H3. The molecule has 1 rings (SSSR count). The third kappa shape index (κ3) is 3.52. The molecule has 0 bridgehead atoms. The summed E-state index contributed by atoms with van der Waals surface area (Å²) in [6, 6.07) is 1.90. The van der Waals surface area contributed by atoms with Crippen LogP contribution in [-0.4, -0.2) is 34.6 Å². The summed E-state index contributed by atoms with van der Waals surface area (Å²) in [6.07, 6.45) is 3.36. The lowest BCUT2D eigenvalue weighted by Gasteiger charge is -2.20. The van der Waals surface area contributed by atoms with Gasteiger partial charge in [0.15, 0.2) is 0 Å². The van der Waals surface area contributed by atoms with Gasteiger partial charge in [-0.05, 0) is 6.07 Å². The van der Waals surface area contributed by atoms with Gasteiger partial charge >= 0.3 is 0 Å². The van der Waals surface area contributed by atoms with Crippen molar-refractivity contribution >= 4 is 17.7 Å². The van der Waals surface area contributed by atoms with E-state index < -0.39 is 0 Å². The Morgan fingerprint density at radius 3 is 2.50 bits per heavy atom. The van der Waals surface area contributed by atoms with E-state index in [0.717, 1.165) is 4.90 Å². The van der Waals surface area contributed by atoms with Gasteiger partial charge in [-0.25, -0.2) is 0 Å². The van der Waals surface area contributed by atoms with Crippen molar-refractivity contribution in [2.75, 3.05) is 14.1 Å². The monoisotopic (exact) mass is 238 g/mol. The number of carbonyl (C=O) groups excluding carboxylic acids is 1. The molecular formula is C12H18N2OS. The summed E-state index contributed by atoms with van der Waals surface area (Å²) in [5.74, 6) is -0.000139. The maximum absolute atomic E-state index is 11.9. The molecule has 0 saturated heterocycles. The average Bonchev–Trinajstić information content (AvgIpc) is 2.15. The van der Waals surface area contributed by atoms with Crippen LogP contribution in [0.5, 0.6) is 0 Å². The molecule has 0 radical (unpaired) electrons. The van der Waals surface area contributed by atoms with Crippen LogP contribution in [0.25, 0.3) is 0 Å². The minimum absolute atomic E-state index is 0.000139. The second kappa shape index (κ2) is 4.87. The number of amides is 1. The van der Waals surface area contributed by atoms with E-state index in [1.54, 1.807) is 43.2 Å². The van der Waals surface area contributed by atoms with Gasteiger partial charge in [-0.2, -0.15) is 0 Å². The molecule has 0 atom stereocenters. The highest BCUT2D eigenvalue weighted by molar-refractivity contribution is 8.00. The van der Waals surface area contributed by atoms with Gasteiger partial charge in [0.05, 0.1) is 5.56 Å². The molecule has 4 heteroatoms. The largest absolute Gasteiger partial charge is 0.345 e. The molecule has 0 spiro atoms. The van der Waals surface area contributed by atoms with Crippen molar-refractivity contribution in [3.8, 4) is 0 Å². The van der Waals surface area contributed by atoms with E-state index in [2.05, 4.69) is 25.8 Å². The van der Waals surface area contributed by atoms with Crippen LogP contribution < -0.4 is 0 Å². The lowest BCUT2D eigenvalue weighted by molar-refractivity contribution is 0.0824. The van der Waals surface area contributed by atoms with Crippen molar-refractivity contribution in [2.45, 2.75) is 30.4 Å². The number of nitrogens with zero attached hydrogens (tertiary/aromatic N) is 2. The summed E-state index contributed by atoms with van der Waals surface area (Å²) in [6.45, 7) is 6.38. The second-order valence-corrected chi connectivity index (χ2v) is 6.65. The molecule has 1 heterocycles. The van der Waals surface area contributed by atoms with Gasteiger partial charge in [0.1, 0.15) is 0 Å². The highest BCUT2D eigenvalue weighted by Gasteiger charge is 2.19. The molecule has 0 aliphatic heterocycles. The maximum atomic E-state index is 11.9. The predicted molar refractivity (Wildman–Crippen MR) is 67.9 cm³/mol. The van der Waals surface area contributed by atoms with E-state index in [1.165, 1.54) is 0 Å². The Balaban J connectivity index is 3.06. The van der Waals surface area contributed by atoms with Crippen molar-refractivity contribution in [1.82, 2.24) is 9.88 Å². The summed E-state index contributed by atoms with van der Waals surface area (Å²) in [5.41, 5.74) is 0.674. The second-order valence-electron chi connectivity index (χ2n) is 4.79. The number of hydrogen-bond acceptors (Lipinski definition) is 3. The SMILES string of the molecule is CN(C)C(=O)c1cnccc1SC(C)(C)C. The number of hydrogen-bond donors (Lipinski definition) is 0. The van der Waals surface area contributed by atoms with Gasteiger partial charge in [0.25, 0.3) is 5.91 Å². The fourth-order valence-corrected chi connectivity index (χ4v) is 2.24. The van der Waals surface area contributed by atoms with Crippen molar-refractivity contribution in [2.24, 2.45) is 0 Å². The first-order valence-corrected chi connectivity index (χ1v) is 5.97. The Morgan fingerprint density at radius 1 is 1.38 bits per heavy atom. The summed E-state index contributed by atoms with van der Waals surface area (Å²) < 4.78 is 0.0860. The zero-order chi connectivity index (χ0) is 12.3. The highest BCUT2D eigenvalue weighted by atomic mass is 32.2. The molecule has 0 aliphatic carbocycles. The average molecular weight is 238 g/mol. The molecule has 3 nitrogen and oxygen atoms in total. The van der Waals surface area contributed by atoms with Crippen LogP contribution in [0.2, 0.25) is 0 Å². The van der Waals surface area contributed by atoms with Crippen molar-refractivity contribution in [3.63, 3.8) is 0 Å². The lowest BCUT2D eigenvalue weighted by atomic mass is 10.2. The van der Waals surface area contributed by atoms with Gasteiger partial charge in [0.2, 0.25) is 0 Å².